The van der Waals surface area contributed by atoms with Crippen molar-refractivity contribution < 1.29 is 9.59 Å². The number of anilines is 1. The standard InChI is InChI=1S/C17H22N4O2S/c1-4-11(3)14(18-13(22)5-2)15(23)19-17-21-20-16(24-17)12-9-7-6-8-10-12/h6-11,14H,4-5H2,1-3H3,(H,18,22)(H,19,21,23)/t11-,14-/m0/s1. The Kier molecular flexibility index (Phi) is 6.43. The van der Waals surface area contributed by atoms with Gasteiger partial charge in [-0.1, -0.05) is 68.9 Å². The lowest BCUT2D eigenvalue weighted by molar-refractivity contribution is -0.127. The molecule has 0 fully saturated rings. The van der Waals surface area contributed by atoms with Gasteiger partial charge in [-0.2, -0.15) is 0 Å². The molecule has 1 aromatic carbocycles. The van der Waals surface area contributed by atoms with Crippen molar-refractivity contribution in [3.63, 3.8) is 0 Å². The summed E-state index contributed by atoms with van der Waals surface area (Å²) in [5.74, 6) is -0.374. The highest BCUT2D eigenvalue weighted by Crippen LogP contribution is 2.26. The number of hydrogen-bond acceptors (Lipinski definition) is 5. The SMILES string of the molecule is CCC(=O)N[C@H](C(=O)Nc1nnc(-c2ccccc2)s1)[C@@H](C)CC. The zero-order valence-electron chi connectivity index (χ0n) is 14.1. The summed E-state index contributed by atoms with van der Waals surface area (Å²) in [5, 5.41) is 14.8. The highest BCUT2D eigenvalue weighted by molar-refractivity contribution is 7.18. The van der Waals surface area contributed by atoms with Crippen LogP contribution in [0.25, 0.3) is 10.6 Å². The van der Waals surface area contributed by atoms with Gasteiger partial charge in [-0.05, 0) is 5.92 Å². The van der Waals surface area contributed by atoms with Crippen LogP contribution in [0.2, 0.25) is 0 Å². The Morgan fingerprint density at radius 1 is 1.17 bits per heavy atom. The molecule has 7 heteroatoms. The number of carbonyl (C=O) groups is 2. The second kappa shape index (κ2) is 8.54. The molecule has 2 atom stereocenters. The summed E-state index contributed by atoms with van der Waals surface area (Å²) in [6, 6.07) is 9.08. The summed E-state index contributed by atoms with van der Waals surface area (Å²) in [6.07, 6.45) is 1.13. The molecule has 1 heterocycles. The van der Waals surface area contributed by atoms with E-state index in [-0.39, 0.29) is 17.7 Å². The number of carbonyl (C=O) groups excluding carboxylic acids is 2. The number of amides is 2. The molecule has 0 aliphatic carbocycles. The van der Waals surface area contributed by atoms with Gasteiger partial charge in [-0.15, -0.1) is 10.2 Å². The Morgan fingerprint density at radius 3 is 2.50 bits per heavy atom. The van der Waals surface area contributed by atoms with Gasteiger partial charge in [0.2, 0.25) is 16.9 Å². The van der Waals surface area contributed by atoms with Crippen LogP contribution in [-0.2, 0) is 9.59 Å². The van der Waals surface area contributed by atoms with Gasteiger partial charge < -0.3 is 5.32 Å². The van der Waals surface area contributed by atoms with E-state index in [4.69, 9.17) is 0 Å². The monoisotopic (exact) mass is 346 g/mol. The summed E-state index contributed by atoms with van der Waals surface area (Å²) >= 11 is 1.31. The maximum atomic E-state index is 12.5. The van der Waals surface area contributed by atoms with Gasteiger partial charge in [0.15, 0.2) is 0 Å². The second-order valence-corrected chi connectivity index (χ2v) is 6.53. The highest BCUT2D eigenvalue weighted by Gasteiger charge is 2.26. The lowest BCUT2D eigenvalue weighted by Gasteiger charge is -2.22. The highest BCUT2D eigenvalue weighted by atomic mass is 32.1. The summed E-state index contributed by atoms with van der Waals surface area (Å²) in [5.41, 5.74) is 0.952. The van der Waals surface area contributed by atoms with Gasteiger partial charge >= 0.3 is 0 Å². The number of nitrogens with one attached hydrogen (secondary N) is 2. The fraction of sp³-hybridized carbons (Fsp3) is 0.412. The van der Waals surface area contributed by atoms with E-state index in [0.29, 0.717) is 11.6 Å². The number of benzene rings is 1. The zero-order valence-corrected chi connectivity index (χ0v) is 14.9. The summed E-state index contributed by atoms with van der Waals surface area (Å²) < 4.78 is 0. The maximum absolute atomic E-state index is 12.5. The van der Waals surface area contributed by atoms with Crippen LogP contribution in [0.1, 0.15) is 33.6 Å². The quantitative estimate of drug-likeness (QED) is 0.807. The van der Waals surface area contributed by atoms with E-state index in [1.54, 1.807) is 6.92 Å². The third kappa shape index (κ3) is 4.61. The molecular formula is C17H22N4O2S. The summed E-state index contributed by atoms with van der Waals surface area (Å²) in [7, 11) is 0. The summed E-state index contributed by atoms with van der Waals surface area (Å²) in [4.78, 5) is 24.2. The molecule has 0 saturated heterocycles. The molecule has 0 spiro atoms. The van der Waals surface area contributed by atoms with Gasteiger partial charge in [0.1, 0.15) is 11.0 Å². The molecule has 1 aromatic heterocycles. The minimum absolute atomic E-state index is 0.0296. The molecule has 2 amide bonds. The smallest absolute Gasteiger partial charge is 0.249 e. The average molecular weight is 346 g/mol. The van der Waals surface area contributed by atoms with Crippen molar-refractivity contribution in [1.82, 2.24) is 15.5 Å². The molecule has 0 saturated carbocycles. The van der Waals surface area contributed by atoms with E-state index in [0.717, 1.165) is 17.0 Å². The molecule has 24 heavy (non-hydrogen) atoms. The molecule has 0 radical (unpaired) electrons. The Hall–Kier alpha value is -2.28. The molecule has 0 bridgehead atoms. The first-order chi connectivity index (χ1) is 11.5. The zero-order chi connectivity index (χ0) is 17.5. The van der Waals surface area contributed by atoms with Crippen molar-refractivity contribution in [1.29, 1.82) is 0 Å². The van der Waals surface area contributed by atoms with Gasteiger partial charge in [-0.25, -0.2) is 0 Å². The van der Waals surface area contributed by atoms with Crippen LogP contribution < -0.4 is 10.6 Å². The minimum Gasteiger partial charge on any atom is -0.344 e. The maximum Gasteiger partial charge on any atom is 0.249 e. The Bertz CT molecular complexity index is 687. The lowest BCUT2D eigenvalue weighted by Crippen LogP contribution is -2.47. The van der Waals surface area contributed by atoms with Crippen LogP contribution in [-0.4, -0.2) is 28.1 Å². The molecule has 6 nitrogen and oxygen atoms in total. The minimum atomic E-state index is -0.577. The third-order valence-corrected chi connectivity index (χ3v) is 4.70. The van der Waals surface area contributed by atoms with E-state index in [2.05, 4.69) is 20.8 Å². The first-order valence-corrected chi connectivity index (χ1v) is 8.85. The van der Waals surface area contributed by atoms with E-state index in [1.165, 1.54) is 11.3 Å². The number of hydrogen-bond donors (Lipinski definition) is 2. The summed E-state index contributed by atoms with van der Waals surface area (Å²) in [6.45, 7) is 5.69. The van der Waals surface area contributed by atoms with Gasteiger partial charge in [0, 0.05) is 12.0 Å². The van der Waals surface area contributed by atoms with Gasteiger partial charge in [-0.3, -0.25) is 14.9 Å². The molecular weight excluding hydrogens is 324 g/mol. The third-order valence-electron chi connectivity index (χ3n) is 3.81. The molecule has 2 aromatic rings. The Morgan fingerprint density at radius 2 is 1.88 bits per heavy atom. The van der Waals surface area contributed by atoms with Crippen LogP contribution >= 0.6 is 11.3 Å². The second-order valence-electron chi connectivity index (χ2n) is 5.55. The van der Waals surface area contributed by atoms with E-state index < -0.39 is 6.04 Å². The first kappa shape index (κ1) is 18.1. The van der Waals surface area contributed by atoms with E-state index in [1.807, 2.05) is 44.2 Å². The number of aromatic nitrogens is 2. The van der Waals surface area contributed by atoms with Crippen molar-refractivity contribution in [3.05, 3.63) is 30.3 Å². The predicted octanol–water partition coefficient (Wildman–Crippen LogP) is 3.08. The number of rotatable bonds is 7. The van der Waals surface area contributed by atoms with Crippen LogP contribution in [0.4, 0.5) is 5.13 Å². The topological polar surface area (TPSA) is 84.0 Å². The van der Waals surface area contributed by atoms with Crippen molar-refractivity contribution in [2.45, 2.75) is 39.7 Å². The van der Waals surface area contributed by atoms with Crippen LogP contribution in [0.3, 0.4) is 0 Å². The van der Waals surface area contributed by atoms with Gasteiger partial charge in [0.25, 0.3) is 0 Å². The number of nitrogens with zero attached hydrogens (tertiary/aromatic N) is 2. The van der Waals surface area contributed by atoms with Crippen LogP contribution in [0, 0.1) is 5.92 Å². The normalized spacial score (nSPS) is 13.1. The van der Waals surface area contributed by atoms with Crippen LogP contribution in [0.5, 0.6) is 0 Å². The lowest BCUT2D eigenvalue weighted by atomic mass is 9.98. The fourth-order valence-electron chi connectivity index (χ4n) is 2.13. The molecule has 0 unspecified atom stereocenters. The molecule has 2 N–H and O–H groups in total. The first-order valence-electron chi connectivity index (χ1n) is 8.04. The predicted molar refractivity (Wildman–Crippen MR) is 95.7 cm³/mol. The Labute approximate surface area is 145 Å². The fourth-order valence-corrected chi connectivity index (χ4v) is 2.88. The molecule has 0 aliphatic heterocycles. The van der Waals surface area contributed by atoms with E-state index in [9.17, 15) is 9.59 Å². The molecule has 2 rings (SSSR count). The van der Waals surface area contributed by atoms with Crippen molar-refractivity contribution in [2.24, 2.45) is 5.92 Å². The van der Waals surface area contributed by atoms with Crippen LogP contribution in [0.15, 0.2) is 30.3 Å². The van der Waals surface area contributed by atoms with E-state index >= 15 is 0 Å². The largest absolute Gasteiger partial charge is 0.344 e. The molecule has 128 valence electrons. The van der Waals surface area contributed by atoms with Crippen molar-refractivity contribution in [3.8, 4) is 10.6 Å². The average Bonchev–Trinajstić information content (AvgIpc) is 3.07. The van der Waals surface area contributed by atoms with Crippen molar-refractivity contribution >= 4 is 28.3 Å². The van der Waals surface area contributed by atoms with Crippen molar-refractivity contribution in [2.75, 3.05) is 5.32 Å². The molecule has 0 aliphatic rings. The Balaban J connectivity index is 2.09. The van der Waals surface area contributed by atoms with Gasteiger partial charge in [0.05, 0.1) is 0 Å².